The van der Waals surface area contributed by atoms with Gasteiger partial charge in [0.15, 0.2) is 0 Å². The van der Waals surface area contributed by atoms with Gasteiger partial charge in [0, 0.05) is 23.7 Å². The second-order valence-electron chi connectivity index (χ2n) is 14.3. The van der Waals surface area contributed by atoms with Crippen molar-refractivity contribution in [3.8, 4) is 28.0 Å². The average Bonchev–Trinajstić information content (AvgIpc) is 3.23. The molecule has 0 amide bonds. The van der Waals surface area contributed by atoms with E-state index in [-0.39, 0.29) is 17.8 Å². The van der Waals surface area contributed by atoms with Gasteiger partial charge < -0.3 is 4.74 Å². The van der Waals surface area contributed by atoms with Crippen LogP contribution < -0.4 is 15.2 Å². The molecule has 6 aromatic rings. The summed E-state index contributed by atoms with van der Waals surface area (Å²) in [5.74, 6) is 2.43. The first-order valence-electron chi connectivity index (χ1n) is 18.7. The van der Waals surface area contributed by atoms with E-state index in [1.54, 1.807) is 0 Å². The fourth-order valence-electron chi connectivity index (χ4n) is 9.00. The third-order valence-electron chi connectivity index (χ3n) is 11.3. The van der Waals surface area contributed by atoms with Crippen molar-refractivity contribution >= 4 is 17.2 Å². The molecule has 0 heterocycles. The number of hydrogen-bond acceptors (Lipinski definition) is 1. The van der Waals surface area contributed by atoms with E-state index in [0.29, 0.717) is 5.92 Å². The van der Waals surface area contributed by atoms with Gasteiger partial charge in [-0.2, -0.15) is 0 Å². The largest absolute Gasteiger partial charge is 0.458 e. The van der Waals surface area contributed by atoms with Crippen molar-refractivity contribution in [1.29, 1.82) is 0 Å². The van der Waals surface area contributed by atoms with Gasteiger partial charge in [0.05, 0.1) is 0 Å². The highest BCUT2D eigenvalue weighted by molar-refractivity contribution is 5.90. The fourth-order valence-corrected chi connectivity index (χ4v) is 9.00. The summed E-state index contributed by atoms with van der Waals surface area (Å²) in [6.45, 7) is 0. The summed E-state index contributed by atoms with van der Waals surface area (Å²) in [6.07, 6.45) is 18.7. The molecule has 0 saturated carbocycles. The van der Waals surface area contributed by atoms with Gasteiger partial charge in [0.1, 0.15) is 11.5 Å². The molecule has 0 saturated heterocycles. The highest BCUT2D eigenvalue weighted by Crippen LogP contribution is 2.50. The van der Waals surface area contributed by atoms with Crippen molar-refractivity contribution in [3.63, 3.8) is 0 Å². The first kappa shape index (κ1) is 31.3. The van der Waals surface area contributed by atoms with E-state index in [1.165, 1.54) is 66.1 Å². The number of benzene rings is 6. The molecule has 4 aliphatic rings. The first-order valence-corrected chi connectivity index (χ1v) is 18.7. The summed E-state index contributed by atoms with van der Waals surface area (Å²) in [7, 11) is 0. The topological polar surface area (TPSA) is 9.23 Å². The van der Waals surface area contributed by atoms with Crippen LogP contribution in [0.3, 0.4) is 0 Å². The predicted octanol–water partition coefficient (Wildman–Crippen LogP) is 11.1. The third kappa shape index (κ3) is 5.57. The molecule has 0 bridgehead atoms. The van der Waals surface area contributed by atoms with E-state index >= 15 is 0 Å². The Balaban J connectivity index is 1.24. The van der Waals surface area contributed by atoms with Crippen LogP contribution in [0.2, 0.25) is 0 Å². The quantitative estimate of drug-likeness (QED) is 0.170. The predicted molar refractivity (Wildman–Crippen MR) is 219 cm³/mol. The summed E-state index contributed by atoms with van der Waals surface area (Å²) >= 11 is 0. The Bertz CT molecular complexity index is 2640. The number of fused-ring (bicyclic) bond motifs is 5. The second kappa shape index (κ2) is 13.3. The molecule has 4 unspecified atom stereocenters. The van der Waals surface area contributed by atoms with Crippen LogP contribution >= 0.6 is 0 Å². The van der Waals surface area contributed by atoms with Gasteiger partial charge in [0.25, 0.3) is 0 Å². The first-order chi connectivity index (χ1) is 26.3. The van der Waals surface area contributed by atoms with E-state index in [9.17, 15) is 0 Å². The Morgan fingerprint density at radius 2 is 1.06 bits per heavy atom. The van der Waals surface area contributed by atoms with Crippen LogP contribution in [0.4, 0.5) is 0 Å². The summed E-state index contributed by atoms with van der Waals surface area (Å²) in [4.78, 5) is 0. The van der Waals surface area contributed by atoms with Gasteiger partial charge in [-0.25, -0.2) is 0 Å². The second-order valence-corrected chi connectivity index (χ2v) is 14.3. The summed E-state index contributed by atoms with van der Waals surface area (Å²) < 4.78 is 6.58. The van der Waals surface area contributed by atoms with Crippen molar-refractivity contribution in [2.45, 2.75) is 5.92 Å². The van der Waals surface area contributed by atoms with Crippen molar-refractivity contribution in [3.05, 3.63) is 239 Å². The van der Waals surface area contributed by atoms with Crippen LogP contribution in [-0.2, 0) is 0 Å². The molecular weight excluding hydrogens is 641 g/mol. The Hall–Kier alpha value is -6.44. The van der Waals surface area contributed by atoms with E-state index in [0.717, 1.165) is 11.5 Å². The molecule has 252 valence electrons. The Morgan fingerprint density at radius 1 is 0.434 bits per heavy atom. The molecule has 6 aromatic carbocycles. The molecule has 0 fully saturated rings. The maximum Gasteiger partial charge on any atom is 0.127 e. The Morgan fingerprint density at radius 3 is 1.81 bits per heavy atom. The zero-order chi connectivity index (χ0) is 35.1. The molecule has 4 aliphatic carbocycles. The minimum absolute atomic E-state index is 0.0639. The minimum atomic E-state index is 0.0639. The van der Waals surface area contributed by atoms with Crippen LogP contribution in [0, 0.1) is 17.8 Å². The number of ether oxygens (including phenoxy) is 1. The lowest BCUT2D eigenvalue weighted by molar-refractivity contribution is 0.430. The maximum absolute atomic E-state index is 6.58. The highest BCUT2D eigenvalue weighted by Gasteiger charge is 2.39. The van der Waals surface area contributed by atoms with Gasteiger partial charge >= 0.3 is 0 Å². The van der Waals surface area contributed by atoms with E-state index in [4.69, 9.17) is 4.74 Å². The van der Waals surface area contributed by atoms with Gasteiger partial charge in [-0.15, -0.1) is 0 Å². The van der Waals surface area contributed by atoms with Crippen LogP contribution in [0.1, 0.15) is 22.6 Å². The van der Waals surface area contributed by atoms with Gasteiger partial charge in [0.2, 0.25) is 0 Å². The molecule has 0 N–H and O–H groups in total. The lowest BCUT2D eigenvalue weighted by Crippen LogP contribution is -2.42. The van der Waals surface area contributed by atoms with Gasteiger partial charge in [-0.3, -0.25) is 0 Å². The van der Waals surface area contributed by atoms with Crippen LogP contribution in [-0.4, -0.2) is 0 Å². The number of hydrogen-bond donors (Lipinski definition) is 0. The van der Waals surface area contributed by atoms with E-state index in [1.807, 2.05) is 30.3 Å². The summed E-state index contributed by atoms with van der Waals surface area (Å²) in [5, 5.41) is 2.60. The normalized spacial score (nSPS) is 20.8. The molecule has 1 heteroatoms. The van der Waals surface area contributed by atoms with Crippen LogP contribution in [0.15, 0.2) is 212 Å². The molecule has 0 aromatic heterocycles. The average molecular weight is 679 g/mol. The molecule has 0 aliphatic heterocycles. The standard InChI is InChI=1S/C52H38O/c1-4-16-35(17-5-1)42-30-28-38(33-48(42)36-18-6-2-7-19-36)51-45-26-14-15-27-46(45)52(50-34-40(29-31-47(50)51)53-39-21-8-3-9-22-39)49-32-37-20-10-11-23-41(37)43-24-12-13-25-44(43)49/h1-34,43-44,47,50H. The molecule has 4 atom stereocenters. The highest BCUT2D eigenvalue weighted by atomic mass is 16.5. The lowest BCUT2D eigenvalue weighted by Gasteiger charge is -2.40. The van der Waals surface area contributed by atoms with Crippen molar-refractivity contribution in [2.24, 2.45) is 17.8 Å². The Kier molecular flexibility index (Phi) is 7.84. The SMILES string of the molecule is C1=CC2C(C3=c4ccccc4=C(c4ccc(-c5ccccc5)c(-c5ccccc5)c4)C4C=CC(Oc5ccccc5)=CC34)=Cc3ccccc3C2C=C1. The number of rotatable bonds is 6. The monoisotopic (exact) mass is 678 g/mol. The van der Waals surface area contributed by atoms with Crippen molar-refractivity contribution < 1.29 is 4.74 Å². The van der Waals surface area contributed by atoms with Crippen LogP contribution in [0.25, 0.3) is 39.5 Å². The zero-order valence-electron chi connectivity index (χ0n) is 29.3. The van der Waals surface area contributed by atoms with E-state index < -0.39 is 0 Å². The maximum atomic E-state index is 6.58. The zero-order valence-corrected chi connectivity index (χ0v) is 29.3. The van der Waals surface area contributed by atoms with Crippen molar-refractivity contribution in [1.82, 2.24) is 0 Å². The van der Waals surface area contributed by atoms with Crippen molar-refractivity contribution in [2.75, 3.05) is 0 Å². The molecular formula is C52H38O. The summed E-state index contributed by atoms with van der Waals surface area (Å²) in [6, 6.07) is 56.9. The summed E-state index contributed by atoms with van der Waals surface area (Å²) in [5.41, 5.74) is 13.0. The minimum Gasteiger partial charge on any atom is -0.458 e. The number of allylic oxidation sites excluding steroid dienone is 8. The number of para-hydroxylation sites is 1. The smallest absolute Gasteiger partial charge is 0.127 e. The molecule has 10 rings (SSSR count). The lowest BCUT2D eigenvalue weighted by atomic mass is 9.64. The van der Waals surface area contributed by atoms with Crippen LogP contribution in [0.5, 0.6) is 5.75 Å². The van der Waals surface area contributed by atoms with Gasteiger partial charge in [-0.1, -0.05) is 176 Å². The molecule has 53 heavy (non-hydrogen) atoms. The fraction of sp³-hybridized carbons (Fsp3) is 0.0769. The molecule has 0 spiro atoms. The van der Waals surface area contributed by atoms with Gasteiger partial charge in [-0.05, 0) is 96.5 Å². The molecule has 0 radical (unpaired) electrons. The van der Waals surface area contributed by atoms with E-state index in [2.05, 4.69) is 176 Å². The Labute approximate surface area is 311 Å². The molecule has 1 nitrogen and oxygen atoms in total. The third-order valence-corrected chi connectivity index (χ3v) is 11.3.